The number of aromatic nitrogens is 3. The van der Waals surface area contributed by atoms with E-state index in [1.54, 1.807) is 0 Å². The van der Waals surface area contributed by atoms with Gasteiger partial charge in [-0.2, -0.15) is 4.52 Å². The maximum absolute atomic E-state index is 11.9. The number of benzene rings is 1. The van der Waals surface area contributed by atoms with Gasteiger partial charge in [-0.3, -0.25) is 4.79 Å². The first-order valence-electron chi connectivity index (χ1n) is 8.57. The fourth-order valence-electron chi connectivity index (χ4n) is 3.58. The molecule has 4 rings (SSSR count). The number of hydrogen-bond acceptors (Lipinski definition) is 5. The molecule has 1 fully saturated rings. The lowest BCUT2D eigenvalue weighted by Gasteiger charge is -2.31. The highest BCUT2D eigenvalue weighted by Gasteiger charge is 2.26. The van der Waals surface area contributed by atoms with Crippen LogP contribution in [0.4, 0.5) is 5.13 Å². The van der Waals surface area contributed by atoms with E-state index in [2.05, 4.69) is 21.5 Å². The van der Waals surface area contributed by atoms with E-state index in [9.17, 15) is 4.79 Å². The largest absolute Gasteiger partial charge is 0.353 e. The van der Waals surface area contributed by atoms with E-state index in [1.807, 2.05) is 18.2 Å². The summed E-state index contributed by atoms with van der Waals surface area (Å²) in [5.74, 6) is 0.531. The Morgan fingerprint density at radius 2 is 2.08 bits per heavy atom. The van der Waals surface area contributed by atoms with Crippen LogP contribution in [0.25, 0.3) is 4.96 Å². The third-order valence-electron chi connectivity index (χ3n) is 4.78. The van der Waals surface area contributed by atoms with Gasteiger partial charge in [0.1, 0.15) is 0 Å². The zero-order chi connectivity index (χ0) is 17.2. The molecule has 1 aliphatic carbocycles. The number of fused-ring (bicyclic) bond motifs is 1. The smallest absolute Gasteiger partial charge is 0.275 e. The topological polar surface area (TPSA) is 59.3 Å². The van der Waals surface area contributed by atoms with Crippen LogP contribution in [-0.4, -0.2) is 14.6 Å². The van der Waals surface area contributed by atoms with Crippen LogP contribution in [0.5, 0.6) is 0 Å². The molecule has 1 unspecified atom stereocenters. The molecule has 1 N–H and O–H groups in total. The lowest BCUT2D eigenvalue weighted by Crippen LogP contribution is -2.23. The minimum Gasteiger partial charge on any atom is -0.353 e. The molecule has 1 saturated carbocycles. The zero-order valence-corrected chi connectivity index (χ0v) is 15.3. The average molecular weight is 375 g/mol. The summed E-state index contributed by atoms with van der Waals surface area (Å²) in [5, 5.41) is 9.42. The number of hydrogen-bond donors (Lipinski definition) is 1. The van der Waals surface area contributed by atoms with Crippen molar-refractivity contribution in [2.75, 3.05) is 5.32 Å². The van der Waals surface area contributed by atoms with E-state index in [0.717, 1.165) is 5.02 Å². The van der Waals surface area contributed by atoms with E-state index in [1.165, 1.54) is 65.8 Å². The van der Waals surface area contributed by atoms with Gasteiger partial charge in [-0.25, -0.2) is 4.98 Å². The van der Waals surface area contributed by atoms with Crippen molar-refractivity contribution in [3.05, 3.63) is 57.5 Å². The Balaban J connectivity index is 1.69. The van der Waals surface area contributed by atoms with Gasteiger partial charge in [-0.05, 0) is 36.5 Å². The van der Waals surface area contributed by atoms with E-state index in [0.29, 0.717) is 16.0 Å². The third kappa shape index (κ3) is 3.55. The summed E-state index contributed by atoms with van der Waals surface area (Å²) < 4.78 is 1.35. The molecule has 1 aliphatic rings. The second kappa shape index (κ2) is 7.14. The van der Waals surface area contributed by atoms with Crippen molar-refractivity contribution in [1.29, 1.82) is 0 Å². The molecule has 3 aromatic rings. The van der Waals surface area contributed by atoms with Crippen LogP contribution in [0.1, 0.15) is 43.7 Å². The molecular formula is C18H19ClN4OS. The van der Waals surface area contributed by atoms with Crippen LogP contribution in [-0.2, 0) is 0 Å². The zero-order valence-electron chi connectivity index (χ0n) is 13.7. The minimum absolute atomic E-state index is 0.135. The van der Waals surface area contributed by atoms with Crippen molar-refractivity contribution in [3.8, 4) is 0 Å². The van der Waals surface area contributed by atoms with Crippen molar-refractivity contribution in [2.45, 2.75) is 38.1 Å². The van der Waals surface area contributed by atoms with Gasteiger partial charge in [0, 0.05) is 17.3 Å². The first-order chi connectivity index (χ1) is 12.2. The molecule has 2 aromatic heterocycles. The van der Waals surface area contributed by atoms with Crippen molar-refractivity contribution >= 4 is 33.0 Å². The lowest BCUT2D eigenvalue weighted by atomic mass is 9.81. The Morgan fingerprint density at radius 3 is 2.84 bits per heavy atom. The molecule has 1 atom stereocenters. The number of nitrogens with zero attached hydrogens (tertiary/aromatic N) is 3. The molecule has 1 aromatic carbocycles. The quantitative estimate of drug-likeness (QED) is 0.728. The fourth-order valence-corrected chi connectivity index (χ4v) is 4.59. The van der Waals surface area contributed by atoms with Crippen molar-refractivity contribution in [3.63, 3.8) is 0 Å². The minimum atomic E-state index is -0.161. The monoisotopic (exact) mass is 374 g/mol. The second-order valence-corrected chi connectivity index (χ2v) is 7.85. The average Bonchev–Trinajstić information content (AvgIpc) is 3.05. The maximum Gasteiger partial charge on any atom is 0.275 e. The van der Waals surface area contributed by atoms with Gasteiger partial charge in [0.05, 0.1) is 6.04 Å². The molecule has 5 nitrogen and oxygen atoms in total. The summed E-state index contributed by atoms with van der Waals surface area (Å²) in [6, 6.07) is 9.56. The number of rotatable bonds is 4. The summed E-state index contributed by atoms with van der Waals surface area (Å²) >= 11 is 7.62. The highest BCUT2D eigenvalue weighted by atomic mass is 35.5. The molecule has 0 aliphatic heterocycles. The van der Waals surface area contributed by atoms with Gasteiger partial charge in [0.25, 0.3) is 5.56 Å². The SMILES string of the molecule is O=c1ccnc2sc(NC(c3cccc(Cl)c3)C3CCCCC3)nn12. The summed E-state index contributed by atoms with van der Waals surface area (Å²) in [6.45, 7) is 0. The van der Waals surface area contributed by atoms with Crippen LogP contribution in [0.3, 0.4) is 0 Å². The number of anilines is 1. The van der Waals surface area contributed by atoms with Crippen molar-refractivity contribution in [2.24, 2.45) is 5.92 Å². The number of halogens is 1. The molecular weight excluding hydrogens is 356 g/mol. The normalized spacial score (nSPS) is 16.8. The van der Waals surface area contributed by atoms with Crippen molar-refractivity contribution in [1.82, 2.24) is 14.6 Å². The van der Waals surface area contributed by atoms with Gasteiger partial charge < -0.3 is 5.32 Å². The van der Waals surface area contributed by atoms with Crippen LogP contribution in [0.15, 0.2) is 41.3 Å². The van der Waals surface area contributed by atoms with Gasteiger partial charge in [-0.15, -0.1) is 5.10 Å². The molecule has 0 bridgehead atoms. The molecule has 130 valence electrons. The third-order valence-corrected chi connectivity index (χ3v) is 5.87. The highest BCUT2D eigenvalue weighted by Crippen LogP contribution is 2.37. The Labute approximate surface area is 154 Å². The van der Waals surface area contributed by atoms with Gasteiger partial charge in [-0.1, -0.05) is 54.3 Å². The second-order valence-electron chi connectivity index (χ2n) is 6.46. The van der Waals surface area contributed by atoms with Crippen molar-refractivity contribution < 1.29 is 0 Å². The Bertz CT molecular complexity index is 932. The predicted octanol–water partition coefficient (Wildman–Crippen LogP) is 4.54. The summed E-state index contributed by atoms with van der Waals surface area (Å²) in [5.41, 5.74) is 1.00. The maximum atomic E-state index is 11.9. The summed E-state index contributed by atoms with van der Waals surface area (Å²) in [7, 11) is 0. The molecule has 0 saturated heterocycles. The van der Waals surface area contributed by atoms with Gasteiger partial charge in [0.2, 0.25) is 10.1 Å². The Morgan fingerprint density at radius 1 is 1.24 bits per heavy atom. The number of nitrogens with one attached hydrogen (secondary N) is 1. The molecule has 0 amide bonds. The molecule has 0 radical (unpaired) electrons. The van der Waals surface area contributed by atoms with Gasteiger partial charge in [0.15, 0.2) is 0 Å². The summed E-state index contributed by atoms with van der Waals surface area (Å²) in [4.78, 5) is 16.7. The van der Waals surface area contributed by atoms with Gasteiger partial charge >= 0.3 is 0 Å². The molecule has 25 heavy (non-hydrogen) atoms. The van der Waals surface area contributed by atoms with E-state index in [-0.39, 0.29) is 11.6 Å². The van der Waals surface area contributed by atoms with Crippen LogP contribution >= 0.6 is 22.9 Å². The Kier molecular flexibility index (Phi) is 4.72. The van der Waals surface area contributed by atoms with E-state index in [4.69, 9.17) is 11.6 Å². The lowest BCUT2D eigenvalue weighted by molar-refractivity contribution is 0.321. The Hall–Kier alpha value is -1.92. The summed E-state index contributed by atoms with van der Waals surface area (Å²) in [6.07, 6.45) is 7.71. The van der Waals surface area contributed by atoms with E-state index < -0.39 is 0 Å². The first kappa shape index (κ1) is 16.5. The molecule has 0 spiro atoms. The highest BCUT2D eigenvalue weighted by molar-refractivity contribution is 7.20. The first-order valence-corrected chi connectivity index (χ1v) is 9.77. The predicted molar refractivity (Wildman–Crippen MR) is 102 cm³/mol. The molecule has 2 heterocycles. The van der Waals surface area contributed by atoms with E-state index >= 15 is 0 Å². The standard InChI is InChI=1S/C18H19ClN4OS/c19-14-8-4-7-13(11-14)16(12-5-2-1-3-6-12)21-17-22-23-15(24)9-10-20-18(23)25-17/h4,7-12,16H,1-3,5-6H2,(H,21,22). The fraction of sp³-hybridized carbons (Fsp3) is 0.389. The van der Waals surface area contributed by atoms with Crippen LogP contribution < -0.4 is 10.9 Å². The molecule has 7 heteroatoms. The van der Waals surface area contributed by atoms with Crippen LogP contribution in [0.2, 0.25) is 5.02 Å². The van der Waals surface area contributed by atoms with Crippen LogP contribution in [0, 0.1) is 5.92 Å².